The largest absolute Gasteiger partial charge is 0.494 e. The van der Waals surface area contributed by atoms with Gasteiger partial charge < -0.3 is 9.47 Å². The van der Waals surface area contributed by atoms with Crippen LogP contribution in [0.15, 0.2) is 24.3 Å². The molecule has 21 heavy (non-hydrogen) atoms. The van der Waals surface area contributed by atoms with Gasteiger partial charge >= 0.3 is 0 Å². The van der Waals surface area contributed by atoms with Crippen molar-refractivity contribution in [2.24, 2.45) is 0 Å². The van der Waals surface area contributed by atoms with Gasteiger partial charge in [-0.15, -0.1) is 0 Å². The molecule has 0 saturated heterocycles. The average molecular weight is 298 g/mol. The first-order valence-corrected chi connectivity index (χ1v) is 6.01. The minimum absolute atomic E-state index is 0.199. The molecule has 0 amide bonds. The molecule has 0 fully saturated rings. The van der Waals surface area contributed by atoms with Gasteiger partial charge in [0.05, 0.1) is 14.2 Å². The maximum atomic E-state index is 14.0. The summed E-state index contributed by atoms with van der Waals surface area (Å²) in [6.45, 7) is 0. The zero-order chi connectivity index (χ0) is 15.6. The third-order valence-corrected chi connectivity index (χ3v) is 3.09. The fraction of sp³-hybridized carbons (Fsp3) is 0.143. The van der Waals surface area contributed by atoms with Crippen LogP contribution in [0, 0.1) is 23.3 Å². The Balaban J connectivity index is 2.53. The van der Waals surface area contributed by atoms with E-state index in [4.69, 9.17) is 9.47 Å². The molecule has 2 aromatic carbocycles. The summed E-state index contributed by atoms with van der Waals surface area (Å²) in [6, 6.07) is 4.17. The molecule has 2 aromatic rings. The van der Waals surface area contributed by atoms with Gasteiger partial charge in [0.2, 0.25) is 7.28 Å². The Bertz CT molecular complexity index is 619. The second-order valence-electron chi connectivity index (χ2n) is 4.26. The summed E-state index contributed by atoms with van der Waals surface area (Å²) in [5.74, 6) is -4.19. The van der Waals surface area contributed by atoms with Crippen molar-refractivity contribution in [1.29, 1.82) is 0 Å². The van der Waals surface area contributed by atoms with Gasteiger partial charge in [-0.1, -0.05) is 0 Å². The molecule has 0 aliphatic rings. The van der Waals surface area contributed by atoms with Crippen LogP contribution < -0.4 is 20.4 Å². The van der Waals surface area contributed by atoms with E-state index in [1.165, 1.54) is 14.2 Å². The molecule has 0 N–H and O–H groups in total. The molecule has 7 heteroatoms. The van der Waals surface area contributed by atoms with Crippen LogP contribution in [0.1, 0.15) is 0 Å². The number of hydrogen-bond donors (Lipinski definition) is 0. The standard InChI is InChI=1S/C14H11BF4O2/c1-20-9-5-3-7(16)11(13(9)18)15-12-8(17)4-6-10(21-2)14(12)19/h3-6,15H,1-2H3. The van der Waals surface area contributed by atoms with Crippen molar-refractivity contribution in [2.75, 3.05) is 14.2 Å². The van der Waals surface area contributed by atoms with Gasteiger partial charge in [-0.3, -0.25) is 0 Å². The van der Waals surface area contributed by atoms with Crippen molar-refractivity contribution < 1.29 is 27.0 Å². The molecule has 0 bridgehead atoms. The smallest absolute Gasteiger partial charge is 0.208 e. The van der Waals surface area contributed by atoms with Crippen molar-refractivity contribution in [3.8, 4) is 11.5 Å². The van der Waals surface area contributed by atoms with E-state index < -0.39 is 41.5 Å². The van der Waals surface area contributed by atoms with Gasteiger partial charge in [0.25, 0.3) is 0 Å². The Morgan fingerprint density at radius 2 is 1.10 bits per heavy atom. The lowest BCUT2D eigenvalue weighted by Crippen LogP contribution is -2.36. The van der Waals surface area contributed by atoms with Crippen LogP contribution >= 0.6 is 0 Å². The minimum Gasteiger partial charge on any atom is -0.494 e. The van der Waals surface area contributed by atoms with Crippen LogP contribution in [0.2, 0.25) is 0 Å². The topological polar surface area (TPSA) is 18.5 Å². The Hall–Kier alpha value is -2.18. The summed E-state index contributed by atoms with van der Waals surface area (Å²) in [5, 5.41) is 0. The molecule has 0 atom stereocenters. The fourth-order valence-corrected chi connectivity index (χ4v) is 1.97. The first-order valence-electron chi connectivity index (χ1n) is 6.01. The van der Waals surface area contributed by atoms with Crippen molar-refractivity contribution in [2.45, 2.75) is 0 Å². The normalized spacial score (nSPS) is 10.4. The molecular weight excluding hydrogens is 287 g/mol. The summed E-state index contributed by atoms with van der Waals surface area (Å²) in [7, 11) is 1.84. The maximum absolute atomic E-state index is 14.0. The van der Waals surface area contributed by atoms with E-state index in [1.54, 1.807) is 0 Å². The lowest BCUT2D eigenvalue weighted by atomic mass is 9.63. The second kappa shape index (κ2) is 6.07. The molecule has 0 aliphatic heterocycles. The van der Waals surface area contributed by atoms with Crippen molar-refractivity contribution >= 4 is 18.2 Å². The number of halogens is 4. The highest BCUT2D eigenvalue weighted by Crippen LogP contribution is 2.17. The van der Waals surface area contributed by atoms with E-state index in [9.17, 15) is 17.6 Å². The third kappa shape index (κ3) is 2.81. The maximum Gasteiger partial charge on any atom is 0.208 e. The number of hydrogen-bond acceptors (Lipinski definition) is 2. The second-order valence-corrected chi connectivity index (χ2v) is 4.26. The molecule has 0 saturated carbocycles. The monoisotopic (exact) mass is 298 g/mol. The predicted octanol–water partition coefficient (Wildman–Crippen LogP) is 1.65. The summed E-state index contributed by atoms with van der Waals surface area (Å²) in [4.78, 5) is 0. The lowest BCUT2D eigenvalue weighted by Gasteiger charge is -2.11. The molecule has 2 rings (SSSR count). The Morgan fingerprint density at radius 3 is 1.43 bits per heavy atom. The molecule has 0 radical (unpaired) electrons. The van der Waals surface area contributed by atoms with Gasteiger partial charge in [0, 0.05) is 0 Å². The minimum atomic E-state index is -0.987. The van der Waals surface area contributed by atoms with Crippen LogP contribution in [0.25, 0.3) is 0 Å². The van der Waals surface area contributed by atoms with Gasteiger partial charge in [0.1, 0.15) is 11.6 Å². The van der Waals surface area contributed by atoms with Crippen molar-refractivity contribution in [1.82, 2.24) is 0 Å². The van der Waals surface area contributed by atoms with E-state index in [-0.39, 0.29) is 11.5 Å². The molecule has 0 spiro atoms. The molecule has 110 valence electrons. The van der Waals surface area contributed by atoms with Gasteiger partial charge in [-0.2, -0.15) is 0 Å². The number of rotatable bonds is 4. The Labute approximate surface area is 119 Å². The van der Waals surface area contributed by atoms with Crippen LogP contribution in [-0.4, -0.2) is 21.5 Å². The molecule has 0 aliphatic carbocycles. The van der Waals surface area contributed by atoms with E-state index in [2.05, 4.69) is 0 Å². The zero-order valence-electron chi connectivity index (χ0n) is 11.3. The lowest BCUT2D eigenvalue weighted by molar-refractivity contribution is 0.385. The van der Waals surface area contributed by atoms with Gasteiger partial charge in [-0.25, -0.2) is 17.6 Å². The first kappa shape index (κ1) is 15.2. The zero-order valence-corrected chi connectivity index (χ0v) is 11.3. The van der Waals surface area contributed by atoms with Gasteiger partial charge in [0.15, 0.2) is 23.1 Å². The Morgan fingerprint density at radius 1 is 0.714 bits per heavy atom. The summed E-state index contributed by atoms with van der Waals surface area (Å²) in [6.07, 6.45) is 0. The quantitative estimate of drug-likeness (QED) is 0.631. The first-order chi connectivity index (χ1) is 9.99. The van der Waals surface area contributed by atoms with Crippen LogP contribution in [-0.2, 0) is 0 Å². The highest BCUT2D eigenvalue weighted by Gasteiger charge is 2.22. The molecule has 0 aromatic heterocycles. The SMILES string of the molecule is COc1ccc(F)c(Bc2c(F)ccc(OC)c2F)c1F. The fourth-order valence-electron chi connectivity index (χ4n) is 1.97. The number of ether oxygens (including phenoxy) is 2. The number of benzene rings is 2. The van der Waals surface area contributed by atoms with Crippen molar-refractivity contribution in [3.05, 3.63) is 47.5 Å². The molecule has 0 unspecified atom stereocenters. The Kier molecular flexibility index (Phi) is 4.40. The van der Waals surface area contributed by atoms with Crippen LogP contribution in [0.3, 0.4) is 0 Å². The molecule has 0 heterocycles. The predicted molar refractivity (Wildman–Crippen MR) is 72.2 cm³/mol. The summed E-state index contributed by atoms with van der Waals surface area (Å²) in [5.41, 5.74) is -0.944. The molecular formula is C14H11BF4O2. The average Bonchev–Trinajstić information content (AvgIpc) is 2.46. The van der Waals surface area contributed by atoms with Gasteiger partial charge in [-0.05, 0) is 35.2 Å². The number of methoxy groups -OCH3 is 2. The van der Waals surface area contributed by atoms with E-state index in [1.807, 2.05) is 0 Å². The highest BCUT2D eigenvalue weighted by molar-refractivity contribution is 6.67. The summed E-state index contributed by atoms with van der Waals surface area (Å²) >= 11 is 0. The van der Waals surface area contributed by atoms with Crippen LogP contribution in [0.5, 0.6) is 11.5 Å². The van der Waals surface area contributed by atoms with Crippen LogP contribution in [0.4, 0.5) is 17.6 Å². The van der Waals surface area contributed by atoms with E-state index >= 15 is 0 Å². The summed E-state index contributed by atoms with van der Waals surface area (Å²) < 4.78 is 65.0. The van der Waals surface area contributed by atoms with E-state index in [0.29, 0.717) is 0 Å². The van der Waals surface area contributed by atoms with E-state index in [0.717, 1.165) is 24.3 Å². The van der Waals surface area contributed by atoms with Crippen molar-refractivity contribution in [3.63, 3.8) is 0 Å². The third-order valence-electron chi connectivity index (χ3n) is 3.09. The highest BCUT2D eigenvalue weighted by atomic mass is 19.1. The molecule has 2 nitrogen and oxygen atoms in total.